The van der Waals surface area contributed by atoms with Crippen LogP contribution in [0, 0.1) is 0 Å². The molecule has 0 bridgehead atoms. The van der Waals surface area contributed by atoms with E-state index in [1.54, 1.807) is 18.9 Å². The maximum absolute atomic E-state index is 5.73. The molecule has 15 heavy (non-hydrogen) atoms. The minimum atomic E-state index is -0.186. The number of thioether (sulfide) groups is 1. The van der Waals surface area contributed by atoms with E-state index in [1.807, 2.05) is 20.1 Å². The van der Waals surface area contributed by atoms with Crippen LogP contribution in [-0.4, -0.2) is 29.9 Å². The summed E-state index contributed by atoms with van der Waals surface area (Å²) < 4.78 is 9.43. The number of ether oxygens (including phenoxy) is 1. The molecule has 4 nitrogen and oxygen atoms in total. The second kappa shape index (κ2) is 5.05. The highest BCUT2D eigenvalue weighted by atomic mass is 32.2. The van der Waals surface area contributed by atoms with Crippen LogP contribution in [-0.2, 0) is 4.74 Å². The second-order valence-electron chi connectivity index (χ2n) is 3.75. The number of aromatic nitrogens is 1. The normalized spacial score (nSPS) is 11.7. The highest BCUT2D eigenvalue weighted by Gasteiger charge is 2.18. The van der Waals surface area contributed by atoms with Gasteiger partial charge in [0.2, 0.25) is 0 Å². The van der Waals surface area contributed by atoms with Crippen molar-refractivity contribution in [3.63, 3.8) is 0 Å². The van der Waals surface area contributed by atoms with Crippen molar-refractivity contribution in [2.75, 3.05) is 31.0 Å². The van der Waals surface area contributed by atoms with Crippen LogP contribution in [0.4, 0.5) is 10.8 Å². The van der Waals surface area contributed by atoms with Gasteiger partial charge in [0.25, 0.3) is 0 Å². The molecule has 86 valence electrons. The number of nitrogens with one attached hydrogen (secondary N) is 1. The fourth-order valence-electron chi connectivity index (χ4n) is 0.969. The molecule has 0 aliphatic carbocycles. The number of rotatable bonds is 5. The van der Waals surface area contributed by atoms with Gasteiger partial charge in [-0.25, -0.2) is 0 Å². The summed E-state index contributed by atoms with van der Waals surface area (Å²) in [6.07, 6.45) is 1.99. The van der Waals surface area contributed by atoms with Gasteiger partial charge in [-0.1, -0.05) is 0 Å². The first-order chi connectivity index (χ1) is 7.00. The molecule has 0 atom stereocenters. The van der Waals surface area contributed by atoms with Crippen molar-refractivity contribution in [2.24, 2.45) is 0 Å². The predicted octanol–water partition coefficient (Wildman–Crippen LogP) is 2.28. The van der Waals surface area contributed by atoms with Gasteiger partial charge in [0.1, 0.15) is 5.00 Å². The summed E-state index contributed by atoms with van der Waals surface area (Å²) in [7, 11) is 1.71. The molecule has 0 amide bonds. The van der Waals surface area contributed by atoms with Crippen LogP contribution in [0.25, 0.3) is 0 Å². The first kappa shape index (κ1) is 12.6. The molecule has 0 aliphatic heterocycles. The van der Waals surface area contributed by atoms with Crippen LogP contribution >= 0.6 is 23.3 Å². The molecule has 1 aromatic rings. The van der Waals surface area contributed by atoms with Crippen molar-refractivity contribution < 1.29 is 4.74 Å². The van der Waals surface area contributed by atoms with Crippen LogP contribution in [0.15, 0.2) is 4.90 Å². The minimum absolute atomic E-state index is 0.186. The zero-order valence-electron chi connectivity index (χ0n) is 9.46. The highest BCUT2D eigenvalue weighted by Crippen LogP contribution is 2.34. The monoisotopic (exact) mass is 247 g/mol. The number of methoxy groups -OCH3 is 1. The molecule has 0 unspecified atom stereocenters. The van der Waals surface area contributed by atoms with Gasteiger partial charge < -0.3 is 15.8 Å². The van der Waals surface area contributed by atoms with E-state index in [2.05, 4.69) is 9.69 Å². The van der Waals surface area contributed by atoms with Crippen molar-refractivity contribution in [3.05, 3.63) is 0 Å². The average Bonchev–Trinajstić information content (AvgIpc) is 2.56. The third-order valence-electron chi connectivity index (χ3n) is 2.11. The Bertz CT molecular complexity index is 325. The molecule has 0 saturated carbocycles. The largest absolute Gasteiger partial charge is 0.382 e. The smallest absolute Gasteiger partial charge is 0.153 e. The van der Waals surface area contributed by atoms with E-state index in [9.17, 15) is 0 Å². The third kappa shape index (κ3) is 3.25. The van der Waals surface area contributed by atoms with Crippen LogP contribution < -0.4 is 11.1 Å². The molecule has 0 spiro atoms. The maximum atomic E-state index is 5.73. The molecule has 6 heteroatoms. The van der Waals surface area contributed by atoms with Gasteiger partial charge in [-0.05, 0) is 31.6 Å². The van der Waals surface area contributed by atoms with Crippen molar-refractivity contribution in [1.29, 1.82) is 0 Å². The van der Waals surface area contributed by atoms with Crippen LogP contribution in [0.1, 0.15) is 13.8 Å². The average molecular weight is 247 g/mol. The Balaban J connectivity index is 2.65. The van der Waals surface area contributed by atoms with Crippen molar-refractivity contribution in [2.45, 2.75) is 24.3 Å². The van der Waals surface area contributed by atoms with Crippen LogP contribution in [0.5, 0.6) is 0 Å². The van der Waals surface area contributed by atoms with Gasteiger partial charge >= 0.3 is 0 Å². The van der Waals surface area contributed by atoms with Crippen LogP contribution in [0.2, 0.25) is 0 Å². The van der Waals surface area contributed by atoms with Crippen molar-refractivity contribution in [3.8, 4) is 0 Å². The fraction of sp³-hybridized carbons (Fsp3) is 0.667. The molecule has 0 saturated heterocycles. The van der Waals surface area contributed by atoms with Gasteiger partial charge in [0.15, 0.2) is 5.82 Å². The molecule has 0 fully saturated rings. The predicted molar refractivity (Wildman–Crippen MR) is 67.9 cm³/mol. The zero-order chi connectivity index (χ0) is 11.5. The molecule has 1 heterocycles. The Hall–Kier alpha value is -0.460. The molecular formula is C9H17N3OS2. The van der Waals surface area contributed by atoms with Crippen molar-refractivity contribution in [1.82, 2.24) is 4.37 Å². The number of anilines is 2. The summed E-state index contributed by atoms with van der Waals surface area (Å²) in [5, 5.41) is 4.33. The lowest BCUT2D eigenvalue weighted by atomic mass is 10.1. The van der Waals surface area contributed by atoms with E-state index in [0.717, 1.165) is 16.4 Å². The van der Waals surface area contributed by atoms with Gasteiger partial charge in [-0.15, -0.1) is 11.8 Å². The van der Waals surface area contributed by atoms with E-state index >= 15 is 0 Å². The second-order valence-corrected chi connectivity index (χ2v) is 5.34. The number of nitrogens with two attached hydrogens (primary N) is 1. The Morgan fingerprint density at radius 1 is 1.60 bits per heavy atom. The molecule has 0 radical (unpaired) electrons. The van der Waals surface area contributed by atoms with Crippen molar-refractivity contribution >= 4 is 34.1 Å². The summed E-state index contributed by atoms with van der Waals surface area (Å²) in [6.45, 7) is 4.80. The SMILES string of the molecule is COC(C)(C)CNc1snc(N)c1SC. The van der Waals surface area contributed by atoms with E-state index in [0.29, 0.717) is 5.82 Å². The van der Waals surface area contributed by atoms with E-state index in [4.69, 9.17) is 10.5 Å². The standard InChI is InChI=1S/C9H17N3OS2/c1-9(2,13-3)5-11-8-6(14-4)7(10)12-15-8/h11H,5H2,1-4H3,(H2,10,12). The van der Waals surface area contributed by atoms with Crippen LogP contribution in [0.3, 0.4) is 0 Å². The highest BCUT2D eigenvalue weighted by molar-refractivity contribution is 7.99. The first-order valence-corrected chi connectivity index (χ1v) is 6.58. The van der Waals surface area contributed by atoms with E-state index in [-0.39, 0.29) is 5.60 Å². The summed E-state index contributed by atoms with van der Waals surface area (Å²) in [6, 6.07) is 0. The Kier molecular flexibility index (Phi) is 4.24. The molecule has 0 aliphatic rings. The first-order valence-electron chi connectivity index (χ1n) is 4.58. The quantitative estimate of drug-likeness (QED) is 0.782. The number of nitrogens with zero attached hydrogens (tertiary/aromatic N) is 1. The molecule has 1 rings (SSSR count). The summed E-state index contributed by atoms with van der Waals surface area (Å²) in [5.74, 6) is 0.602. The topological polar surface area (TPSA) is 60.2 Å². The minimum Gasteiger partial charge on any atom is -0.382 e. The Labute approximate surface area is 98.7 Å². The lowest BCUT2D eigenvalue weighted by molar-refractivity contribution is 0.0344. The Morgan fingerprint density at radius 3 is 2.80 bits per heavy atom. The van der Waals surface area contributed by atoms with Gasteiger partial charge in [0, 0.05) is 13.7 Å². The lowest BCUT2D eigenvalue weighted by Crippen LogP contribution is -2.31. The molecule has 0 aromatic carbocycles. The summed E-state index contributed by atoms with van der Waals surface area (Å²) in [5.41, 5.74) is 5.54. The molecule has 1 aromatic heterocycles. The number of nitrogen functional groups attached to an aromatic ring is 1. The molecule has 3 N–H and O–H groups in total. The number of hydrogen-bond acceptors (Lipinski definition) is 6. The summed E-state index contributed by atoms with van der Waals surface area (Å²) in [4.78, 5) is 1.02. The van der Waals surface area contributed by atoms with Gasteiger partial charge in [0.05, 0.1) is 10.5 Å². The zero-order valence-corrected chi connectivity index (χ0v) is 11.1. The van der Waals surface area contributed by atoms with E-state index < -0.39 is 0 Å². The lowest BCUT2D eigenvalue weighted by Gasteiger charge is -2.23. The van der Waals surface area contributed by atoms with Gasteiger partial charge in [-0.2, -0.15) is 4.37 Å². The summed E-state index contributed by atoms with van der Waals surface area (Å²) >= 11 is 3.00. The Morgan fingerprint density at radius 2 is 2.27 bits per heavy atom. The number of hydrogen-bond donors (Lipinski definition) is 2. The van der Waals surface area contributed by atoms with E-state index in [1.165, 1.54) is 11.5 Å². The molecular weight excluding hydrogens is 230 g/mol. The third-order valence-corrected chi connectivity index (χ3v) is 3.88. The fourth-order valence-corrected chi connectivity index (χ4v) is 2.51. The maximum Gasteiger partial charge on any atom is 0.153 e. The van der Waals surface area contributed by atoms with Gasteiger partial charge in [-0.3, -0.25) is 0 Å².